The third-order valence-corrected chi connectivity index (χ3v) is 5.88. The van der Waals surface area contributed by atoms with Gasteiger partial charge >= 0.3 is 6.03 Å². The van der Waals surface area contributed by atoms with Crippen molar-refractivity contribution < 1.29 is 9.59 Å². The van der Waals surface area contributed by atoms with E-state index in [1.165, 1.54) is 21.4 Å². The molecule has 4 N–H and O–H groups in total. The van der Waals surface area contributed by atoms with Gasteiger partial charge in [-0.05, 0) is 91.2 Å². The highest BCUT2D eigenvalue weighted by molar-refractivity contribution is 5.94. The number of nitrogens with one attached hydrogen (secondary N) is 2. The Morgan fingerprint density at radius 1 is 1.03 bits per heavy atom. The standard InChI is InChI=1S/C25H34N8O2/c1-17-7-8-19(11-18(17)2)16-32(3)10-6-5-9-27-25(35)28-15-20-12-21(23(26)34)14-22(13-20)24-29-30-31-33(24)4/h7-8,11-14H,5-6,9-10,15-16H2,1-4H3,(H2,26,34)(H2,27,28,35). The molecule has 0 aliphatic carbocycles. The van der Waals surface area contributed by atoms with Crippen LogP contribution in [0.5, 0.6) is 0 Å². The third kappa shape index (κ3) is 7.61. The van der Waals surface area contributed by atoms with Crippen LogP contribution in [0.4, 0.5) is 4.79 Å². The minimum atomic E-state index is -0.560. The third-order valence-electron chi connectivity index (χ3n) is 5.88. The topological polar surface area (TPSA) is 131 Å². The number of urea groups is 1. The second-order valence-electron chi connectivity index (χ2n) is 8.88. The van der Waals surface area contributed by atoms with E-state index in [0.717, 1.165) is 31.5 Å². The number of aryl methyl sites for hydroxylation is 3. The van der Waals surface area contributed by atoms with Gasteiger partial charge in [-0.25, -0.2) is 9.48 Å². The summed E-state index contributed by atoms with van der Waals surface area (Å²) >= 11 is 0. The normalized spacial score (nSPS) is 11.0. The van der Waals surface area contributed by atoms with Crippen molar-refractivity contribution in [3.63, 3.8) is 0 Å². The number of amides is 3. The first-order chi connectivity index (χ1) is 16.7. The van der Waals surface area contributed by atoms with Gasteiger partial charge in [-0.1, -0.05) is 18.2 Å². The zero-order valence-electron chi connectivity index (χ0n) is 20.8. The van der Waals surface area contributed by atoms with Crippen molar-refractivity contribution in [3.05, 3.63) is 64.2 Å². The average Bonchev–Trinajstić information content (AvgIpc) is 3.25. The van der Waals surface area contributed by atoms with Gasteiger partial charge in [-0.15, -0.1) is 5.10 Å². The summed E-state index contributed by atoms with van der Waals surface area (Å²) in [6.07, 6.45) is 1.86. The van der Waals surface area contributed by atoms with Crippen molar-refractivity contribution >= 4 is 11.9 Å². The second kappa shape index (κ2) is 12.1. The molecule has 1 heterocycles. The molecule has 0 radical (unpaired) electrons. The minimum Gasteiger partial charge on any atom is -0.366 e. The van der Waals surface area contributed by atoms with Crippen LogP contribution in [0.2, 0.25) is 0 Å². The summed E-state index contributed by atoms with van der Waals surface area (Å²) in [5, 5.41) is 17.1. The molecule has 0 saturated carbocycles. The van der Waals surface area contributed by atoms with Crippen LogP contribution in [0, 0.1) is 13.8 Å². The van der Waals surface area contributed by atoms with E-state index < -0.39 is 5.91 Å². The molecule has 0 unspecified atom stereocenters. The molecule has 0 aliphatic rings. The van der Waals surface area contributed by atoms with Crippen molar-refractivity contribution in [3.8, 4) is 11.4 Å². The summed E-state index contributed by atoms with van der Waals surface area (Å²) < 4.78 is 1.50. The van der Waals surface area contributed by atoms with Gasteiger partial charge in [0.15, 0.2) is 5.82 Å². The lowest BCUT2D eigenvalue weighted by Crippen LogP contribution is -2.35. The molecule has 0 aliphatic heterocycles. The maximum absolute atomic E-state index is 12.2. The molecule has 2 aromatic carbocycles. The van der Waals surface area contributed by atoms with Crippen LogP contribution in [-0.4, -0.2) is 57.2 Å². The lowest BCUT2D eigenvalue weighted by molar-refractivity contribution is 0.1000. The largest absolute Gasteiger partial charge is 0.366 e. The highest BCUT2D eigenvalue weighted by atomic mass is 16.2. The zero-order valence-corrected chi connectivity index (χ0v) is 20.8. The second-order valence-corrected chi connectivity index (χ2v) is 8.88. The SMILES string of the molecule is Cc1ccc(CN(C)CCCCNC(=O)NCc2cc(C(N)=O)cc(-c3nnnn3C)c2)cc1C. The Kier molecular flexibility index (Phi) is 8.91. The summed E-state index contributed by atoms with van der Waals surface area (Å²) in [5.41, 5.74) is 11.1. The number of unbranched alkanes of at least 4 members (excludes halogenated alkanes) is 1. The number of benzene rings is 2. The number of carbonyl (C=O) groups is 2. The van der Waals surface area contributed by atoms with E-state index in [9.17, 15) is 9.59 Å². The molecule has 35 heavy (non-hydrogen) atoms. The fourth-order valence-corrected chi connectivity index (χ4v) is 3.79. The Bertz CT molecular complexity index is 1170. The molecule has 10 heteroatoms. The summed E-state index contributed by atoms with van der Waals surface area (Å²) in [6.45, 7) is 6.95. The maximum atomic E-state index is 12.2. The van der Waals surface area contributed by atoms with Gasteiger partial charge in [0.05, 0.1) is 0 Å². The van der Waals surface area contributed by atoms with E-state index in [1.54, 1.807) is 19.2 Å². The molecule has 186 valence electrons. The average molecular weight is 479 g/mol. The Morgan fingerprint density at radius 2 is 1.83 bits per heavy atom. The lowest BCUT2D eigenvalue weighted by Gasteiger charge is -2.17. The highest BCUT2D eigenvalue weighted by Gasteiger charge is 2.12. The molecule has 3 rings (SSSR count). The summed E-state index contributed by atoms with van der Waals surface area (Å²) in [5.74, 6) is -0.0588. The number of rotatable bonds is 11. The van der Waals surface area contributed by atoms with Gasteiger partial charge in [-0.2, -0.15) is 0 Å². The Balaban J connectivity index is 1.41. The smallest absolute Gasteiger partial charge is 0.315 e. The minimum absolute atomic E-state index is 0.240. The van der Waals surface area contributed by atoms with Gasteiger partial charge < -0.3 is 21.3 Å². The van der Waals surface area contributed by atoms with Gasteiger partial charge in [-0.3, -0.25) is 4.79 Å². The van der Waals surface area contributed by atoms with Crippen molar-refractivity contribution in [1.29, 1.82) is 0 Å². The number of nitrogens with zero attached hydrogens (tertiary/aromatic N) is 5. The fraction of sp³-hybridized carbons (Fsp3) is 0.400. The quantitative estimate of drug-likeness (QED) is 0.363. The van der Waals surface area contributed by atoms with Crippen molar-refractivity contribution in [2.24, 2.45) is 12.8 Å². The zero-order chi connectivity index (χ0) is 25.4. The predicted octanol–water partition coefficient (Wildman–Crippen LogP) is 2.30. The van der Waals surface area contributed by atoms with E-state index in [-0.39, 0.29) is 12.6 Å². The predicted molar refractivity (Wildman–Crippen MR) is 134 cm³/mol. The number of aromatic nitrogens is 4. The summed E-state index contributed by atoms with van der Waals surface area (Å²) in [7, 11) is 3.82. The molecule has 0 fully saturated rings. The molecular weight excluding hydrogens is 444 g/mol. The Hall–Kier alpha value is -3.79. The molecule has 0 saturated heterocycles. The maximum Gasteiger partial charge on any atom is 0.315 e. The van der Waals surface area contributed by atoms with E-state index in [0.29, 0.717) is 23.5 Å². The van der Waals surface area contributed by atoms with Gasteiger partial charge in [0, 0.05) is 37.8 Å². The summed E-state index contributed by atoms with van der Waals surface area (Å²) in [4.78, 5) is 26.3. The molecular formula is C25H34N8O2. The van der Waals surface area contributed by atoms with E-state index in [1.807, 2.05) is 6.07 Å². The van der Waals surface area contributed by atoms with Crippen molar-refractivity contribution in [1.82, 2.24) is 35.7 Å². The number of nitrogens with two attached hydrogens (primary N) is 1. The van der Waals surface area contributed by atoms with Gasteiger partial charge in [0.1, 0.15) is 0 Å². The van der Waals surface area contributed by atoms with Crippen molar-refractivity contribution in [2.75, 3.05) is 20.1 Å². The molecule has 1 aromatic heterocycles. The number of hydrogen-bond acceptors (Lipinski definition) is 6. The fourth-order valence-electron chi connectivity index (χ4n) is 3.79. The molecule has 0 bridgehead atoms. The lowest BCUT2D eigenvalue weighted by atomic mass is 10.0. The first-order valence-electron chi connectivity index (χ1n) is 11.7. The van der Waals surface area contributed by atoms with E-state index >= 15 is 0 Å². The first kappa shape index (κ1) is 25.8. The van der Waals surface area contributed by atoms with Crippen LogP contribution in [-0.2, 0) is 20.1 Å². The number of hydrogen-bond donors (Lipinski definition) is 3. The molecule has 0 atom stereocenters. The van der Waals surface area contributed by atoms with E-state index in [4.69, 9.17) is 5.73 Å². The van der Waals surface area contributed by atoms with Gasteiger partial charge in [0.2, 0.25) is 5.91 Å². The first-order valence-corrected chi connectivity index (χ1v) is 11.7. The molecule has 0 spiro atoms. The van der Waals surface area contributed by atoms with Crippen LogP contribution >= 0.6 is 0 Å². The molecule has 3 aromatic rings. The Morgan fingerprint density at radius 3 is 2.51 bits per heavy atom. The monoisotopic (exact) mass is 478 g/mol. The van der Waals surface area contributed by atoms with Crippen LogP contribution < -0.4 is 16.4 Å². The van der Waals surface area contributed by atoms with Crippen LogP contribution in [0.15, 0.2) is 36.4 Å². The van der Waals surface area contributed by atoms with Crippen LogP contribution in [0.25, 0.3) is 11.4 Å². The number of tetrazole rings is 1. The highest BCUT2D eigenvalue weighted by Crippen LogP contribution is 2.19. The van der Waals surface area contributed by atoms with Crippen LogP contribution in [0.1, 0.15) is 45.5 Å². The number of primary amides is 1. The van der Waals surface area contributed by atoms with Gasteiger partial charge in [0.25, 0.3) is 0 Å². The van der Waals surface area contributed by atoms with Crippen LogP contribution in [0.3, 0.4) is 0 Å². The molecule has 3 amide bonds. The van der Waals surface area contributed by atoms with Crippen molar-refractivity contribution in [2.45, 2.75) is 39.8 Å². The molecule has 10 nitrogen and oxygen atoms in total. The van der Waals surface area contributed by atoms with E-state index in [2.05, 4.69) is 70.2 Å². The summed E-state index contributed by atoms with van der Waals surface area (Å²) in [6, 6.07) is 11.4. The Labute approximate surface area is 205 Å². The number of carbonyl (C=O) groups excluding carboxylic acids is 2.